The van der Waals surface area contributed by atoms with Gasteiger partial charge in [0.2, 0.25) is 11.8 Å². The van der Waals surface area contributed by atoms with Crippen LogP contribution in [0.25, 0.3) is 0 Å². The number of carboxylic acids is 3. The van der Waals surface area contributed by atoms with Gasteiger partial charge in [-0.25, -0.2) is 4.79 Å². The van der Waals surface area contributed by atoms with Crippen molar-refractivity contribution in [3.63, 3.8) is 0 Å². The first-order chi connectivity index (χ1) is 13.3. The Balaban J connectivity index is 4.99. The zero-order valence-corrected chi connectivity index (χ0v) is 16.0. The van der Waals surface area contributed by atoms with Crippen LogP contribution in [-0.2, 0) is 33.6 Å². The summed E-state index contributed by atoms with van der Waals surface area (Å²) in [4.78, 5) is 79.7. The molecule has 2 amide bonds. The Morgan fingerprint density at radius 1 is 0.759 bits per heavy atom. The third-order valence-corrected chi connectivity index (χ3v) is 3.76. The highest BCUT2D eigenvalue weighted by Crippen LogP contribution is 2.09. The molecule has 0 aromatic heterocycles. The minimum Gasteiger partial charge on any atom is -0.481 e. The van der Waals surface area contributed by atoms with Gasteiger partial charge in [-0.2, -0.15) is 0 Å². The summed E-state index contributed by atoms with van der Waals surface area (Å²) in [7, 11) is 0. The van der Waals surface area contributed by atoms with Crippen LogP contribution in [0, 0.1) is 5.92 Å². The standard InChI is InChI=1S/C17H24N2O10/c1-8(16(27)19-11(17(28)29)7-15(25)26)5-12(21)10(6-14(23)24)18-13(22)4-3-9(2)20/h8,10-11H,3-7H2,1-2H3,(H,18,22)(H,19,27)(H,23,24)(H,25,26)(H,28,29)/t8-,10+,11+/m1/s1. The average Bonchev–Trinajstić information content (AvgIpc) is 2.57. The quantitative estimate of drug-likeness (QED) is 0.232. The minimum atomic E-state index is -1.70. The first-order valence-electron chi connectivity index (χ1n) is 8.61. The number of hydrogen-bond acceptors (Lipinski definition) is 7. The molecule has 0 saturated heterocycles. The normalized spacial score (nSPS) is 13.4. The van der Waals surface area contributed by atoms with Crippen molar-refractivity contribution in [2.45, 2.75) is 58.0 Å². The molecule has 0 aliphatic carbocycles. The molecule has 0 aliphatic rings. The second kappa shape index (κ2) is 12.2. The highest BCUT2D eigenvalue weighted by Gasteiger charge is 2.29. The van der Waals surface area contributed by atoms with Gasteiger partial charge >= 0.3 is 17.9 Å². The third kappa shape index (κ3) is 11.2. The summed E-state index contributed by atoms with van der Waals surface area (Å²) in [6.45, 7) is 2.53. The summed E-state index contributed by atoms with van der Waals surface area (Å²) in [5.74, 6) is -8.16. The maximum absolute atomic E-state index is 12.3. The first kappa shape index (κ1) is 25.7. The van der Waals surface area contributed by atoms with Crippen molar-refractivity contribution in [2.24, 2.45) is 5.92 Å². The van der Waals surface area contributed by atoms with E-state index in [-0.39, 0.29) is 18.6 Å². The summed E-state index contributed by atoms with van der Waals surface area (Å²) in [6.07, 6.45) is -2.44. The number of Topliss-reactive ketones (excluding diaryl/α,β-unsaturated/α-hetero) is 2. The van der Waals surface area contributed by atoms with Crippen molar-refractivity contribution in [3.05, 3.63) is 0 Å². The summed E-state index contributed by atoms with van der Waals surface area (Å²) in [6, 6.07) is -3.13. The Morgan fingerprint density at radius 2 is 1.28 bits per heavy atom. The van der Waals surface area contributed by atoms with E-state index in [1.807, 2.05) is 5.32 Å². The van der Waals surface area contributed by atoms with Crippen molar-refractivity contribution >= 4 is 41.3 Å². The van der Waals surface area contributed by atoms with Crippen LogP contribution >= 0.6 is 0 Å². The van der Waals surface area contributed by atoms with E-state index in [9.17, 15) is 33.6 Å². The number of rotatable bonds is 14. The third-order valence-electron chi connectivity index (χ3n) is 3.76. The minimum absolute atomic E-state index is 0.0845. The van der Waals surface area contributed by atoms with Gasteiger partial charge in [-0.05, 0) is 6.92 Å². The molecule has 12 heteroatoms. The fraction of sp³-hybridized carbons (Fsp3) is 0.588. The summed E-state index contributed by atoms with van der Waals surface area (Å²) < 4.78 is 0. The van der Waals surface area contributed by atoms with Gasteiger partial charge in [-0.1, -0.05) is 6.92 Å². The number of ketones is 2. The Kier molecular flexibility index (Phi) is 10.8. The molecule has 162 valence electrons. The van der Waals surface area contributed by atoms with Crippen LogP contribution in [-0.4, -0.2) is 68.7 Å². The van der Waals surface area contributed by atoms with E-state index in [4.69, 9.17) is 15.3 Å². The Morgan fingerprint density at radius 3 is 1.72 bits per heavy atom. The topological polar surface area (TPSA) is 204 Å². The average molecular weight is 416 g/mol. The molecular formula is C17H24N2O10. The largest absolute Gasteiger partial charge is 0.481 e. The summed E-state index contributed by atoms with van der Waals surface area (Å²) in [5.41, 5.74) is 0. The number of carboxylic acid groups (broad SMARTS) is 3. The van der Waals surface area contributed by atoms with Gasteiger partial charge in [0.1, 0.15) is 11.8 Å². The maximum Gasteiger partial charge on any atom is 0.326 e. The molecule has 0 aromatic rings. The van der Waals surface area contributed by atoms with E-state index in [0.29, 0.717) is 0 Å². The van der Waals surface area contributed by atoms with Gasteiger partial charge in [-0.3, -0.25) is 24.0 Å². The van der Waals surface area contributed by atoms with Gasteiger partial charge < -0.3 is 30.7 Å². The molecule has 0 heterocycles. The summed E-state index contributed by atoms with van der Waals surface area (Å²) >= 11 is 0. The first-order valence-corrected chi connectivity index (χ1v) is 8.61. The van der Waals surface area contributed by atoms with Crippen LogP contribution in [0.15, 0.2) is 0 Å². The van der Waals surface area contributed by atoms with Gasteiger partial charge in [0.15, 0.2) is 5.78 Å². The predicted octanol–water partition coefficient (Wildman–Crippen LogP) is -1.05. The lowest BCUT2D eigenvalue weighted by Gasteiger charge is -2.19. The van der Waals surface area contributed by atoms with Gasteiger partial charge in [0.25, 0.3) is 0 Å². The number of aliphatic carboxylic acids is 3. The van der Waals surface area contributed by atoms with E-state index in [1.165, 1.54) is 13.8 Å². The van der Waals surface area contributed by atoms with Crippen molar-refractivity contribution in [1.82, 2.24) is 10.6 Å². The van der Waals surface area contributed by atoms with Gasteiger partial charge in [-0.15, -0.1) is 0 Å². The van der Waals surface area contributed by atoms with E-state index in [0.717, 1.165) is 0 Å². The Bertz CT molecular complexity index is 688. The van der Waals surface area contributed by atoms with E-state index in [1.54, 1.807) is 0 Å². The number of hydrogen-bond donors (Lipinski definition) is 5. The zero-order chi connectivity index (χ0) is 22.7. The van der Waals surface area contributed by atoms with Crippen LogP contribution in [0.2, 0.25) is 0 Å². The van der Waals surface area contributed by atoms with Gasteiger partial charge in [0, 0.05) is 25.2 Å². The molecule has 5 N–H and O–H groups in total. The highest BCUT2D eigenvalue weighted by atomic mass is 16.4. The van der Waals surface area contributed by atoms with Crippen molar-refractivity contribution < 1.29 is 48.9 Å². The Hall–Kier alpha value is -3.31. The molecule has 0 aliphatic heterocycles. The Labute approximate surface area is 165 Å². The maximum atomic E-state index is 12.3. The molecule has 0 rings (SSSR count). The molecule has 0 bridgehead atoms. The SMILES string of the molecule is CC(=O)CCC(=O)N[C@@H](CC(=O)O)C(=O)C[C@@H](C)C(=O)N[C@@H](CC(=O)O)C(=O)O. The molecule has 0 unspecified atom stereocenters. The number of carbonyl (C=O) groups excluding carboxylic acids is 4. The van der Waals surface area contributed by atoms with Crippen LogP contribution in [0.1, 0.15) is 46.0 Å². The van der Waals surface area contributed by atoms with Crippen LogP contribution in [0.4, 0.5) is 0 Å². The fourth-order valence-electron chi connectivity index (χ4n) is 2.20. The van der Waals surface area contributed by atoms with E-state index in [2.05, 4.69) is 5.32 Å². The molecule has 3 atom stereocenters. The number of nitrogens with one attached hydrogen (secondary N) is 2. The van der Waals surface area contributed by atoms with Crippen molar-refractivity contribution in [1.29, 1.82) is 0 Å². The lowest BCUT2D eigenvalue weighted by Crippen LogP contribution is -2.46. The molecule has 0 radical (unpaired) electrons. The van der Waals surface area contributed by atoms with Gasteiger partial charge in [0.05, 0.1) is 18.9 Å². The lowest BCUT2D eigenvalue weighted by molar-refractivity contribution is -0.147. The number of carbonyl (C=O) groups is 7. The van der Waals surface area contributed by atoms with Crippen molar-refractivity contribution in [3.8, 4) is 0 Å². The second-order valence-electron chi connectivity index (χ2n) is 6.49. The molecule has 0 spiro atoms. The summed E-state index contributed by atoms with van der Waals surface area (Å²) in [5, 5.41) is 30.7. The predicted molar refractivity (Wildman–Crippen MR) is 94.7 cm³/mol. The monoisotopic (exact) mass is 416 g/mol. The molecule has 0 saturated carbocycles. The fourth-order valence-corrected chi connectivity index (χ4v) is 2.20. The second-order valence-corrected chi connectivity index (χ2v) is 6.49. The smallest absolute Gasteiger partial charge is 0.326 e. The van der Waals surface area contributed by atoms with Crippen LogP contribution < -0.4 is 10.6 Å². The zero-order valence-electron chi connectivity index (χ0n) is 16.0. The molecule has 29 heavy (non-hydrogen) atoms. The van der Waals surface area contributed by atoms with Crippen LogP contribution in [0.5, 0.6) is 0 Å². The molecular weight excluding hydrogens is 392 g/mol. The highest BCUT2D eigenvalue weighted by molar-refractivity contribution is 5.95. The molecule has 0 aromatic carbocycles. The van der Waals surface area contributed by atoms with Crippen LogP contribution in [0.3, 0.4) is 0 Å². The number of amides is 2. The molecule has 12 nitrogen and oxygen atoms in total. The molecule has 0 fully saturated rings. The van der Waals surface area contributed by atoms with E-state index < -0.39 is 72.8 Å². The van der Waals surface area contributed by atoms with Crippen molar-refractivity contribution in [2.75, 3.05) is 0 Å². The van der Waals surface area contributed by atoms with E-state index >= 15 is 0 Å². The lowest BCUT2D eigenvalue weighted by atomic mass is 9.97.